The summed E-state index contributed by atoms with van der Waals surface area (Å²) in [5, 5.41) is 0. The lowest BCUT2D eigenvalue weighted by molar-refractivity contribution is -0.120. The monoisotopic (exact) mass is 319 g/mol. The molecule has 0 saturated carbocycles. The predicted octanol–water partition coefficient (Wildman–Crippen LogP) is 3.21. The molecule has 0 heterocycles. The molecule has 0 aliphatic carbocycles. The van der Waals surface area contributed by atoms with Gasteiger partial charge in [0.15, 0.2) is 5.78 Å². The van der Waals surface area contributed by atoms with E-state index in [1.807, 2.05) is 13.8 Å². The average Bonchev–Trinajstić information content (AvgIpc) is 2.37. The van der Waals surface area contributed by atoms with E-state index in [4.69, 9.17) is 5.73 Å². The summed E-state index contributed by atoms with van der Waals surface area (Å²) < 4.78 is 27.3. The Hall–Kier alpha value is -0.810. The summed E-state index contributed by atoms with van der Waals surface area (Å²) in [5.41, 5.74) is 5.52. The summed E-state index contributed by atoms with van der Waals surface area (Å²) in [6, 6.07) is 1.71. The Morgan fingerprint density at radius 2 is 2.06 bits per heavy atom. The van der Waals surface area contributed by atoms with Gasteiger partial charge < -0.3 is 5.73 Å². The summed E-state index contributed by atoms with van der Waals surface area (Å²) in [5.74, 6) is -1.81. The van der Waals surface area contributed by atoms with Crippen molar-refractivity contribution in [2.75, 3.05) is 0 Å². The molecule has 0 amide bonds. The van der Waals surface area contributed by atoms with Crippen molar-refractivity contribution in [3.63, 3.8) is 0 Å². The van der Waals surface area contributed by atoms with Crippen LogP contribution in [0.25, 0.3) is 0 Å². The second-order valence-electron chi connectivity index (χ2n) is 4.38. The standard InChI is InChI=1S/C13H16BrF2NO/c1-3-7(2)13(17)11(18)6-8-10(15)5-4-9(14)12(8)16/h4-5,7,13H,3,6,17H2,1-2H3. The molecule has 0 aliphatic rings. The maximum Gasteiger partial charge on any atom is 0.154 e. The number of carbonyl (C=O) groups is 1. The normalized spacial score (nSPS) is 14.3. The molecule has 1 aromatic carbocycles. The first-order valence-corrected chi connectivity index (χ1v) is 6.58. The lowest BCUT2D eigenvalue weighted by Gasteiger charge is -2.17. The van der Waals surface area contributed by atoms with Gasteiger partial charge in [-0.3, -0.25) is 4.79 Å². The summed E-state index contributed by atoms with van der Waals surface area (Å²) in [7, 11) is 0. The molecule has 1 rings (SSSR count). The minimum atomic E-state index is -0.736. The zero-order chi connectivity index (χ0) is 13.9. The second kappa shape index (κ2) is 6.38. The third-order valence-corrected chi connectivity index (χ3v) is 3.73. The number of halogens is 3. The molecule has 0 bridgehead atoms. The molecule has 2 unspecified atom stereocenters. The van der Waals surface area contributed by atoms with E-state index in [-0.39, 0.29) is 28.2 Å². The smallest absolute Gasteiger partial charge is 0.154 e. The highest BCUT2D eigenvalue weighted by molar-refractivity contribution is 9.10. The third kappa shape index (κ3) is 3.36. The fourth-order valence-electron chi connectivity index (χ4n) is 1.59. The van der Waals surface area contributed by atoms with Crippen molar-refractivity contribution >= 4 is 21.7 Å². The molecule has 0 saturated heterocycles. The molecule has 1 aromatic rings. The topological polar surface area (TPSA) is 43.1 Å². The number of rotatable bonds is 5. The van der Waals surface area contributed by atoms with Crippen LogP contribution in [0.2, 0.25) is 0 Å². The fourth-order valence-corrected chi connectivity index (χ4v) is 1.97. The average molecular weight is 320 g/mol. The van der Waals surface area contributed by atoms with Gasteiger partial charge >= 0.3 is 0 Å². The van der Waals surface area contributed by atoms with Crippen molar-refractivity contribution in [1.29, 1.82) is 0 Å². The maximum atomic E-state index is 13.7. The Balaban J connectivity index is 2.92. The van der Waals surface area contributed by atoms with Crippen LogP contribution in [0.4, 0.5) is 8.78 Å². The van der Waals surface area contributed by atoms with Gasteiger partial charge in [0, 0.05) is 12.0 Å². The van der Waals surface area contributed by atoms with Gasteiger partial charge in [-0.05, 0) is 34.0 Å². The van der Waals surface area contributed by atoms with Gasteiger partial charge in [0.2, 0.25) is 0 Å². The molecule has 0 aliphatic heterocycles. The summed E-state index contributed by atoms with van der Waals surface area (Å²) >= 11 is 2.97. The van der Waals surface area contributed by atoms with Crippen molar-refractivity contribution in [3.05, 3.63) is 33.8 Å². The van der Waals surface area contributed by atoms with Crippen molar-refractivity contribution in [2.45, 2.75) is 32.7 Å². The summed E-state index contributed by atoms with van der Waals surface area (Å²) in [4.78, 5) is 11.9. The first kappa shape index (κ1) is 15.2. The van der Waals surface area contributed by atoms with E-state index in [0.717, 1.165) is 12.5 Å². The molecule has 0 fully saturated rings. The fraction of sp³-hybridized carbons (Fsp3) is 0.462. The van der Waals surface area contributed by atoms with Gasteiger partial charge in [0.05, 0.1) is 10.5 Å². The second-order valence-corrected chi connectivity index (χ2v) is 5.23. The Morgan fingerprint density at radius 3 is 2.61 bits per heavy atom. The van der Waals surface area contributed by atoms with E-state index in [9.17, 15) is 13.6 Å². The van der Waals surface area contributed by atoms with Gasteiger partial charge in [0.25, 0.3) is 0 Å². The molecule has 100 valence electrons. The highest BCUT2D eigenvalue weighted by Gasteiger charge is 2.23. The Kier molecular flexibility index (Phi) is 5.41. The van der Waals surface area contributed by atoms with Gasteiger partial charge in [-0.15, -0.1) is 0 Å². The van der Waals surface area contributed by atoms with Crippen LogP contribution in [-0.2, 0) is 11.2 Å². The van der Waals surface area contributed by atoms with Crippen molar-refractivity contribution in [2.24, 2.45) is 11.7 Å². The summed E-state index contributed by atoms with van der Waals surface area (Å²) in [6.45, 7) is 3.76. The molecule has 2 nitrogen and oxygen atoms in total. The minimum absolute atomic E-state index is 0.00391. The van der Waals surface area contributed by atoms with Crippen molar-refractivity contribution in [1.82, 2.24) is 0 Å². The first-order valence-electron chi connectivity index (χ1n) is 5.79. The first-order chi connectivity index (χ1) is 8.38. The highest BCUT2D eigenvalue weighted by Crippen LogP contribution is 2.23. The molecule has 0 aromatic heterocycles. The molecular weight excluding hydrogens is 304 g/mol. The molecule has 0 spiro atoms. The van der Waals surface area contributed by atoms with Gasteiger partial charge in [0.1, 0.15) is 11.6 Å². The van der Waals surface area contributed by atoms with Crippen LogP contribution >= 0.6 is 15.9 Å². The summed E-state index contributed by atoms with van der Waals surface area (Å²) in [6.07, 6.45) is 0.430. The zero-order valence-electron chi connectivity index (χ0n) is 10.3. The Labute approximate surface area is 114 Å². The van der Waals surface area contributed by atoms with Crippen LogP contribution in [0.5, 0.6) is 0 Å². The van der Waals surface area contributed by atoms with E-state index in [2.05, 4.69) is 15.9 Å². The van der Waals surface area contributed by atoms with E-state index in [1.54, 1.807) is 0 Å². The number of carbonyl (C=O) groups excluding carboxylic acids is 1. The van der Waals surface area contributed by atoms with Crippen molar-refractivity contribution in [3.8, 4) is 0 Å². The molecule has 18 heavy (non-hydrogen) atoms. The number of nitrogens with two attached hydrogens (primary N) is 1. The van der Waals surface area contributed by atoms with Crippen molar-refractivity contribution < 1.29 is 13.6 Å². The van der Waals surface area contributed by atoms with Gasteiger partial charge in [-0.2, -0.15) is 0 Å². The number of Topliss-reactive ketones (excluding diaryl/α,β-unsaturated/α-hetero) is 1. The Morgan fingerprint density at radius 1 is 1.44 bits per heavy atom. The largest absolute Gasteiger partial charge is 0.321 e. The number of ketones is 1. The molecule has 0 radical (unpaired) electrons. The predicted molar refractivity (Wildman–Crippen MR) is 70.2 cm³/mol. The highest BCUT2D eigenvalue weighted by atomic mass is 79.9. The lowest BCUT2D eigenvalue weighted by atomic mass is 9.93. The lowest BCUT2D eigenvalue weighted by Crippen LogP contribution is -2.37. The molecular formula is C13H16BrF2NO. The van der Waals surface area contributed by atoms with Crippen LogP contribution in [0.3, 0.4) is 0 Å². The third-order valence-electron chi connectivity index (χ3n) is 3.12. The van der Waals surface area contributed by atoms with Crippen LogP contribution < -0.4 is 5.73 Å². The van der Waals surface area contributed by atoms with E-state index in [1.165, 1.54) is 6.07 Å². The Bertz CT molecular complexity index is 451. The maximum absolute atomic E-state index is 13.7. The number of benzene rings is 1. The van der Waals surface area contributed by atoms with Crippen LogP contribution in [0.1, 0.15) is 25.8 Å². The van der Waals surface area contributed by atoms with Crippen LogP contribution in [-0.4, -0.2) is 11.8 Å². The van der Waals surface area contributed by atoms with E-state index >= 15 is 0 Å². The minimum Gasteiger partial charge on any atom is -0.321 e. The van der Waals surface area contributed by atoms with Gasteiger partial charge in [-0.25, -0.2) is 8.78 Å². The van der Waals surface area contributed by atoms with Gasteiger partial charge in [-0.1, -0.05) is 20.3 Å². The molecule has 2 N–H and O–H groups in total. The molecule has 5 heteroatoms. The van der Waals surface area contributed by atoms with Crippen LogP contribution in [0, 0.1) is 17.6 Å². The zero-order valence-corrected chi connectivity index (χ0v) is 11.9. The van der Waals surface area contributed by atoms with E-state index in [0.29, 0.717) is 0 Å². The van der Waals surface area contributed by atoms with Crippen LogP contribution in [0.15, 0.2) is 16.6 Å². The quantitative estimate of drug-likeness (QED) is 0.847. The van der Waals surface area contributed by atoms with E-state index < -0.39 is 17.7 Å². The number of hydrogen-bond acceptors (Lipinski definition) is 2. The SMILES string of the molecule is CCC(C)C(N)C(=O)Cc1c(F)ccc(Br)c1F. The molecule has 2 atom stereocenters. The number of hydrogen-bond donors (Lipinski definition) is 1.